The van der Waals surface area contributed by atoms with Crippen LogP contribution in [-0.2, 0) is 20.7 Å². The Labute approximate surface area is 158 Å². The highest BCUT2D eigenvalue weighted by molar-refractivity contribution is 5.92. The molecule has 0 aliphatic carbocycles. The first-order chi connectivity index (χ1) is 13.0. The van der Waals surface area contributed by atoms with Crippen LogP contribution in [0.25, 0.3) is 0 Å². The van der Waals surface area contributed by atoms with Gasteiger partial charge < -0.3 is 24.3 Å². The molecule has 0 aliphatic rings. The first kappa shape index (κ1) is 20.1. The Balaban J connectivity index is 1.79. The summed E-state index contributed by atoms with van der Waals surface area (Å²) in [5.41, 5.74) is 1.45. The van der Waals surface area contributed by atoms with Gasteiger partial charge >= 0.3 is 5.97 Å². The summed E-state index contributed by atoms with van der Waals surface area (Å²) in [6.45, 7) is -0.350. The van der Waals surface area contributed by atoms with Gasteiger partial charge in [0.25, 0.3) is 5.91 Å². The van der Waals surface area contributed by atoms with E-state index in [9.17, 15) is 9.59 Å². The molecule has 1 N–H and O–H groups in total. The maximum Gasteiger partial charge on any atom is 0.306 e. The molecule has 0 bridgehead atoms. The Morgan fingerprint density at radius 2 is 1.56 bits per heavy atom. The van der Waals surface area contributed by atoms with Gasteiger partial charge in [-0.05, 0) is 36.2 Å². The summed E-state index contributed by atoms with van der Waals surface area (Å²) in [6, 6.07) is 12.3. The molecule has 27 heavy (non-hydrogen) atoms. The maximum absolute atomic E-state index is 11.9. The number of nitrogens with one attached hydrogen (secondary N) is 1. The molecule has 2 aromatic rings. The molecule has 0 heterocycles. The molecule has 0 aliphatic heterocycles. The Morgan fingerprint density at radius 3 is 2.19 bits per heavy atom. The number of amides is 1. The van der Waals surface area contributed by atoms with Crippen molar-refractivity contribution in [3.63, 3.8) is 0 Å². The van der Waals surface area contributed by atoms with Crippen molar-refractivity contribution in [2.24, 2.45) is 0 Å². The lowest BCUT2D eigenvalue weighted by molar-refractivity contribution is -0.147. The molecule has 1 amide bonds. The van der Waals surface area contributed by atoms with Crippen LogP contribution in [0.5, 0.6) is 17.2 Å². The summed E-state index contributed by atoms with van der Waals surface area (Å²) in [5, 5.41) is 2.65. The van der Waals surface area contributed by atoms with Gasteiger partial charge in [0, 0.05) is 24.2 Å². The number of methoxy groups -OCH3 is 3. The van der Waals surface area contributed by atoms with Gasteiger partial charge in [0.05, 0.1) is 21.3 Å². The molecule has 0 atom stereocenters. The molecule has 2 rings (SSSR count). The normalized spacial score (nSPS) is 10.0. The Kier molecular flexibility index (Phi) is 7.49. The van der Waals surface area contributed by atoms with E-state index in [4.69, 9.17) is 18.9 Å². The highest BCUT2D eigenvalue weighted by Gasteiger charge is 2.10. The van der Waals surface area contributed by atoms with Crippen molar-refractivity contribution in [3.05, 3.63) is 48.0 Å². The SMILES string of the molecule is COc1cccc(NC(=O)COC(=O)CCc2cc(OC)cc(OC)c2)c1. The lowest BCUT2D eigenvalue weighted by Crippen LogP contribution is -2.21. The van der Waals surface area contributed by atoms with Gasteiger partial charge in [0.2, 0.25) is 0 Å². The van der Waals surface area contributed by atoms with Crippen LogP contribution in [-0.4, -0.2) is 39.8 Å². The molecule has 0 saturated carbocycles. The van der Waals surface area contributed by atoms with Gasteiger partial charge in [-0.25, -0.2) is 0 Å². The number of ether oxygens (including phenoxy) is 4. The van der Waals surface area contributed by atoms with Crippen LogP contribution >= 0.6 is 0 Å². The Hall–Kier alpha value is -3.22. The summed E-state index contributed by atoms with van der Waals surface area (Å²) < 4.78 is 20.5. The van der Waals surface area contributed by atoms with Crippen molar-refractivity contribution in [1.29, 1.82) is 0 Å². The number of anilines is 1. The van der Waals surface area contributed by atoms with E-state index in [0.717, 1.165) is 5.56 Å². The third kappa shape index (κ3) is 6.54. The molecule has 0 radical (unpaired) electrons. The van der Waals surface area contributed by atoms with Crippen LogP contribution in [0.15, 0.2) is 42.5 Å². The van der Waals surface area contributed by atoms with Crippen LogP contribution in [0.1, 0.15) is 12.0 Å². The summed E-state index contributed by atoms with van der Waals surface area (Å²) in [5.74, 6) is 1.04. The molecule has 0 unspecified atom stereocenters. The van der Waals surface area contributed by atoms with Gasteiger partial charge in [-0.3, -0.25) is 9.59 Å². The molecule has 7 nitrogen and oxygen atoms in total. The zero-order valence-corrected chi connectivity index (χ0v) is 15.6. The van der Waals surface area contributed by atoms with Crippen molar-refractivity contribution in [3.8, 4) is 17.2 Å². The molecule has 0 spiro atoms. The molecular formula is C20H23NO6. The molecule has 7 heteroatoms. The first-order valence-corrected chi connectivity index (χ1v) is 8.35. The molecule has 2 aromatic carbocycles. The number of benzene rings is 2. The fraction of sp³-hybridized carbons (Fsp3) is 0.300. The molecular weight excluding hydrogens is 350 g/mol. The standard InChI is InChI=1S/C20H23NO6/c1-24-16-6-4-5-15(11-16)21-19(22)13-27-20(23)8-7-14-9-17(25-2)12-18(10-14)26-3/h4-6,9-12H,7-8,13H2,1-3H3,(H,21,22). The lowest BCUT2D eigenvalue weighted by Gasteiger charge is -2.09. The third-order valence-corrected chi connectivity index (χ3v) is 3.75. The minimum absolute atomic E-state index is 0.142. The lowest BCUT2D eigenvalue weighted by atomic mass is 10.1. The van der Waals surface area contributed by atoms with Gasteiger partial charge in [0.15, 0.2) is 6.61 Å². The smallest absolute Gasteiger partial charge is 0.306 e. The predicted molar refractivity (Wildman–Crippen MR) is 100 cm³/mol. The van der Waals surface area contributed by atoms with Gasteiger partial charge in [-0.1, -0.05) is 6.07 Å². The summed E-state index contributed by atoms with van der Waals surface area (Å²) in [7, 11) is 4.67. The fourth-order valence-electron chi connectivity index (χ4n) is 2.37. The van der Waals surface area contributed by atoms with Gasteiger partial charge in [0.1, 0.15) is 17.2 Å². The average Bonchev–Trinajstić information content (AvgIpc) is 2.70. The number of carbonyl (C=O) groups is 2. The fourth-order valence-corrected chi connectivity index (χ4v) is 2.37. The zero-order chi connectivity index (χ0) is 19.6. The van der Waals surface area contributed by atoms with E-state index >= 15 is 0 Å². The topological polar surface area (TPSA) is 83.1 Å². The van der Waals surface area contributed by atoms with Crippen LogP contribution in [0, 0.1) is 0 Å². The maximum atomic E-state index is 11.9. The molecule has 0 saturated heterocycles. The third-order valence-electron chi connectivity index (χ3n) is 3.75. The number of aryl methyl sites for hydroxylation is 1. The quantitative estimate of drug-likeness (QED) is 0.681. The van der Waals surface area contributed by atoms with Crippen molar-refractivity contribution >= 4 is 17.6 Å². The average molecular weight is 373 g/mol. The zero-order valence-electron chi connectivity index (χ0n) is 15.6. The number of hydrogen-bond acceptors (Lipinski definition) is 6. The second-order valence-corrected chi connectivity index (χ2v) is 5.66. The number of rotatable bonds is 9. The van der Waals surface area contributed by atoms with E-state index in [2.05, 4.69) is 5.32 Å². The second-order valence-electron chi connectivity index (χ2n) is 5.66. The number of hydrogen-bond donors (Lipinski definition) is 1. The van der Waals surface area contributed by atoms with E-state index in [0.29, 0.717) is 29.4 Å². The Morgan fingerprint density at radius 1 is 0.889 bits per heavy atom. The van der Waals surface area contributed by atoms with Crippen molar-refractivity contribution in [1.82, 2.24) is 0 Å². The largest absolute Gasteiger partial charge is 0.497 e. The van der Waals surface area contributed by atoms with Crippen molar-refractivity contribution in [2.45, 2.75) is 12.8 Å². The highest BCUT2D eigenvalue weighted by atomic mass is 16.5. The number of esters is 1. The molecule has 0 aromatic heterocycles. The van der Waals surface area contributed by atoms with Gasteiger partial charge in [-0.15, -0.1) is 0 Å². The first-order valence-electron chi connectivity index (χ1n) is 8.35. The number of carbonyl (C=O) groups excluding carboxylic acids is 2. The minimum Gasteiger partial charge on any atom is -0.497 e. The van der Waals surface area contributed by atoms with E-state index < -0.39 is 11.9 Å². The van der Waals surface area contributed by atoms with Gasteiger partial charge in [-0.2, -0.15) is 0 Å². The van der Waals surface area contributed by atoms with Crippen molar-refractivity contribution < 1.29 is 28.5 Å². The molecule has 0 fully saturated rings. The minimum atomic E-state index is -0.461. The van der Waals surface area contributed by atoms with Crippen LogP contribution in [0.3, 0.4) is 0 Å². The van der Waals surface area contributed by atoms with Crippen LogP contribution in [0.4, 0.5) is 5.69 Å². The molecule has 144 valence electrons. The summed E-state index contributed by atoms with van der Waals surface area (Å²) in [6.07, 6.45) is 0.590. The second kappa shape index (κ2) is 10.1. The predicted octanol–water partition coefficient (Wildman–Crippen LogP) is 2.83. The van der Waals surface area contributed by atoms with E-state index in [1.807, 2.05) is 12.1 Å². The van der Waals surface area contributed by atoms with Crippen LogP contribution in [0.2, 0.25) is 0 Å². The summed E-state index contributed by atoms with van der Waals surface area (Å²) in [4.78, 5) is 23.8. The van der Waals surface area contributed by atoms with E-state index in [1.54, 1.807) is 51.7 Å². The van der Waals surface area contributed by atoms with Crippen molar-refractivity contribution in [2.75, 3.05) is 33.3 Å². The van der Waals surface area contributed by atoms with E-state index in [1.165, 1.54) is 0 Å². The monoisotopic (exact) mass is 373 g/mol. The Bertz CT molecular complexity index is 768. The van der Waals surface area contributed by atoms with E-state index in [-0.39, 0.29) is 13.0 Å². The summed E-state index contributed by atoms with van der Waals surface area (Å²) >= 11 is 0. The van der Waals surface area contributed by atoms with Crippen LogP contribution < -0.4 is 19.5 Å². The highest BCUT2D eigenvalue weighted by Crippen LogP contribution is 2.23.